The van der Waals surface area contributed by atoms with E-state index in [1.807, 2.05) is 26.0 Å². The molecule has 0 saturated heterocycles. The minimum absolute atomic E-state index is 0.109. The molecule has 1 atom stereocenters. The topological polar surface area (TPSA) is 59.8 Å². The second kappa shape index (κ2) is 8.00. The van der Waals surface area contributed by atoms with E-state index in [2.05, 4.69) is 15.4 Å². The molecule has 5 nitrogen and oxygen atoms in total. The Balaban J connectivity index is 1.62. The van der Waals surface area contributed by atoms with Crippen LogP contribution in [0, 0.1) is 0 Å². The molecule has 1 unspecified atom stereocenters. The Kier molecular flexibility index (Phi) is 5.51. The number of fused-ring (bicyclic) bond motifs is 1. The normalized spacial score (nSPS) is 15.9. The highest BCUT2D eigenvalue weighted by molar-refractivity contribution is 6.30. The van der Waals surface area contributed by atoms with E-state index < -0.39 is 11.7 Å². The molecule has 2 heterocycles. The molecule has 1 aromatic carbocycles. The summed E-state index contributed by atoms with van der Waals surface area (Å²) in [4.78, 5) is 17.0. The number of benzene rings is 1. The van der Waals surface area contributed by atoms with Gasteiger partial charge in [0.1, 0.15) is 0 Å². The molecular formula is C22H20ClF3N4O. The molecule has 0 radical (unpaired) electrons. The van der Waals surface area contributed by atoms with Gasteiger partial charge in [0.05, 0.1) is 29.1 Å². The maximum Gasteiger partial charge on any atom is 0.417 e. The first-order valence-corrected chi connectivity index (χ1v) is 10.2. The SMILES string of the molecule is CC(C)c1c(C(=O)NC2CCc3cc(Cl)ccc32)cnn1-c1ccc(C(F)(F)F)cn1. The van der Waals surface area contributed by atoms with Crippen molar-refractivity contribution >= 4 is 17.5 Å². The second-order valence-electron chi connectivity index (χ2n) is 7.82. The standard InChI is InChI=1S/C22H20ClF3N4O/c1-12(2)20-17(11-28-30(20)19-8-4-14(10-27-19)22(24,25)26)21(31)29-18-7-3-13-9-15(23)5-6-16(13)18/h4-6,8-12,18H,3,7H2,1-2H3,(H,29,31). The summed E-state index contributed by atoms with van der Waals surface area (Å²) in [5.41, 5.74) is 2.28. The van der Waals surface area contributed by atoms with Crippen LogP contribution in [0.2, 0.25) is 5.02 Å². The van der Waals surface area contributed by atoms with Gasteiger partial charge in [0, 0.05) is 11.2 Å². The molecule has 1 aliphatic rings. The number of nitrogens with one attached hydrogen (secondary N) is 1. The van der Waals surface area contributed by atoms with Crippen LogP contribution in [0.5, 0.6) is 0 Å². The first-order valence-electron chi connectivity index (χ1n) is 9.86. The van der Waals surface area contributed by atoms with Crippen LogP contribution in [-0.4, -0.2) is 20.7 Å². The lowest BCUT2D eigenvalue weighted by Gasteiger charge is -2.16. The Morgan fingerprint density at radius 2 is 2.00 bits per heavy atom. The number of carbonyl (C=O) groups excluding carboxylic acids is 1. The van der Waals surface area contributed by atoms with Gasteiger partial charge in [-0.05, 0) is 54.2 Å². The van der Waals surface area contributed by atoms with E-state index in [9.17, 15) is 18.0 Å². The number of hydrogen-bond donors (Lipinski definition) is 1. The number of aromatic nitrogens is 3. The monoisotopic (exact) mass is 448 g/mol. The minimum atomic E-state index is -4.47. The summed E-state index contributed by atoms with van der Waals surface area (Å²) in [7, 11) is 0. The highest BCUT2D eigenvalue weighted by Crippen LogP contribution is 2.34. The van der Waals surface area contributed by atoms with Crippen molar-refractivity contribution in [2.75, 3.05) is 0 Å². The molecule has 2 aromatic heterocycles. The Bertz CT molecular complexity index is 1120. The Labute approximate surface area is 182 Å². The van der Waals surface area contributed by atoms with Gasteiger partial charge < -0.3 is 5.32 Å². The van der Waals surface area contributed by atoms with Gasteiger partial charge in [-0.2, -0.15) is 18.3 Å². The zero-order chi connectivity index (χ0) is 22.3. The smallest absolute Gasteiger partial charge is 0.345 e. The van der Waals surface area contributed by atoms with Gasteiger partial charge in [0.2, 0.25) is 0 Å². The van der Waals surface area contributed by atoms with Crippen molar-refractivity contribution in [3.05, 3.63) is 75.7 Å². The van der Waals surface area contributed by atoms with E-state index in [-0.39, 0.29) is 23.7 Å². The summed E-state index contributed by atoms with van der Waals surface area (Å²) in [5, 5.41) is 7.97. The van der Waals surface area contributed by atoms with E-state index in [1.165, 1.54) is 16.9 Å². The minimum Gasteiger partial charge on any atom is -0.345 e. The summed E-state index contributed by atoms with van der Waals surface area (Å²) < 4.78 is 39.9. The summed E-state index contributed by atoms with van der Waals surface area (Å²) in [6.07, 6.45) is -0.674. The van der Waals surface area contributed by atoms with Gasteiger partial charge in [-0.25, -0.2) is 9.67 Å². The summed E-state index contributed by atoms with van der Waals surface area (Å²) in [6, 6.07) is 7.71. The van der Waals surface area contributed by atoms with Crippen molar-refractivity contribution in [2.45, 2.75) is 44.8 Å². The largest absolute Gasteiger partial charge is 0.417 e. The number of aryl methyl sites for hydroxylation is 1. The fraction of sp³-hybridized carbons (Fsp3) is 0.318. The first kappa shape index (κ1) is 21.4. The molecule has 0 bridgehead atoms. The van der Waals surface area contributed by atoms with Gasteiger partial charge in [0.15, 0.2) is 5.82 Å². The maximum absolute atomic E-state index is 13.1. The van der Waals surface area contributed by atoms with Crippen molar-refractivity contribution in [1.82, 2.24) is 20.1 Å². The lowest BCUT2D eigenvalue weighted by molar-refractivity contribution is -0.137. The third kappa shape index (κ3) is 4.17. The molecule has 3 aromatic rings. The van der Waals surface area contributed by atoms with Crippen LogP contribution in [0.15, 0.2) is 42.7 Å². The van der Waals surface area contributed by atoms with E-state index in [4.69, 9.17) is 11.6 Å². The van der Waals surface area contributed by atoms with E-state index in [0.29, 0.717) is 16.3 Å². The molecule has 31 heavy (non-hydrogen) atoms. The highest BCUT2D eigenvalue weighted by atomic mass is 35.5. The molecule has 1 N–H and O–H groups in total. The van der Waals surface area contributed by atoms with Crippen LogP contribution < -0.4 is 5.32 Å². The number of amides is 1. The fourth-order valence-corrected chi connectivity index (χ4v) is 4.12. The van der Waals surface area contributed by atoms with Crippen LogP contribution in [0.3, 0.4) is 0 Å². The number of rotatable bonds is 4. The molecule has 0 fully saturated rings. The summed E-state index contributed by atoms with van der Waals surface area (Å²) in [6.45, 7) is 3.78. The highest BCUT2D eigenvalue weighted by Gasteiger charge is 2.31. The predicted octanol–water partition coefficient (Wildman–Crippen LogP) is 5.48. The van der Waals surface area contributed by atoms with Gasteiger partial charge in [-0.1, -0.05) is 31.5 Å². The van der Waals surface area contributed by atoms with Crippen LogP contribution in [0.1, 0.15) is 65.0 Å². The van der Waals surface area contributed by atoms with Crippen LogP contribution >= 0.6 is 11.6 Å². The van der Waals surface area contributed by atoms with Crippen molar-refractivity contribution in [2.24, 2.45) is 0 Å². The molecule has 0 spiro atoms. The zero-order valence-electron chi connectivity index (χ0n) is 16.9. The number of carbonyl (C=O) groups is 1. The number of pyridine rings is 1. The molecule has 1 amide bonds. The molecule has 0 aliphatic heterocycles. The van der Waals surface area contributed by atoms with Crippen LogP contribution in [0.4, 0.5) is 13.2 Å². The molecule has 9 heteroatoms. The van der Waals surface area contributed by atoms with E-state index in [1.54, 1.807) is 6.07 Å². The van der Waals surface area contributed by atoms with Crippen molar-refractivity contribution in [3.63, 3.8) is 0 Å². The molecule has 4 rings (SSSR count). The number of nitrogens with zero attached hydrogens (tertiary/aromatic N) is 3. The number of hydrogen-bond acceptors (Lipinski definition) is 3. The van der Waals surface area contributed by atoms with Gasteiger partial charge in [-0.15, -0.1) is 0 Å². The average Bonchev–Trinajstić information content (AvgIpc) is 3.32. The number of halogens is 4. The van der Waals surface area contributed by atoms with Crippen molar-refractivity contribution in [3.8, 4) is 5.82 Å². The van der Waals surface area contributed by atoms with Gasteiger partial charge in [-0.3, -0.25) is 4.79 Å². The maximum atomic E-state index is 13.1. The second-order valence-corrected chi connectivity index (χ2v) is 8.26. The molecule has 1 aliphatic carbocycles. The lowest BCUT2D eigenvalue weighted by atomic mass is 10.0. The molecule has 0 saturated carbocycles. The quantitative estimate of drug-likeness (QED) is 0.575. The van der Waals surface area contributed by atoms with Crippen molar-refractivity contribution < 1.29 is 18.0 Å². The third-order valence-corrected chi connectivity index (χ3v) is 5.61. The molecule has 162 valence electrons. The van der Waals surface area contributed by atoms with E-state index in [0.717, 1.165) is 36.2 Å². The zero-order valence-corrected chi connectivity index (χ0v) is 17.6. The lowest BCUT2D eigenvalue weighted by Crippen LogP contribution is -2.28. The Morgan fingerprint density at radius 3 is 2.65 bits per heavy atom. The average molecular weight is 449 g/mol. The van der Waals surface area contributed by atoms with Crippen molar-refractivity contribution in [1.29, 1.82) is 0 Å². The Morgan fingerprint density at radius 1 is 1.23 bits per heavy atom. The van der Waals surface area contributed by atoms with E-state index >= 15 is 0 Å². The van der Waals surface area contributed by atoms with Crippen LogP contribution in [-0.2, 0) is 12.6 Å². The Hall–Kier alpha value is -2.87. The van der Waals surface area contributed by atoms with Gasteiger partial charge in [0.25, 0.3) is 5.91 Å². The first-order chi connectivity index (χ1) is 14.6. The third-order valence-electron chi connectivity index (χ3n) is 5.38. The molecular weight excluding hydrogens is 429 g/mol. The van der Waals surface area contributed by atoms with Crippen LogP contribution in [0.25, 0.3) is 5.82 Å². The predicted molar refractivity (Wildman–Crippen MR) is 110 cm³/mol. The summed E-state index contributed by atoms with van der Waals surface area (Å²) in [5.74, 6) is -0.173. The fourth-order valence-electron chi connectivity index (χ4n) is 3.92. The number of alkyl halides is 3. The van der Waals surface area contributed by atoms with Gasteiger partial charge >= 0.3 is 6.18 Å². The summed E-state index contributed by atoms with van der Waals surface area (Å²) >= 11 is 6.06.